The summed E-state index contributed by atoms with van der Waals surface area (Å²) in [5.74, 6) is 0.860. The van der Waals surface area contributed by atoms with E-state index in [-0.39, 0.29) is 0 Å². The first-order valence-electron chi connectivity index (χ1n) is 3.04. The van der Waals surface area contributed by atoms with Gasteiger partial charge >= 0.3 is 0 Å². The summed E-state index contributed by atoms with van der Waals surface area (Å²) in [7, 11) is 0. The zero-order chi connectivity index (χ0) is 7.56. The van der Waals surface area contributed by atoms with E-state index in [1.54, 1.807) is 0 Å². The molecule has 0 fully saturated rings. The minimum absolute atomic E-state index is 0.699. The van der Waals surface area contributed by atoms with Gasteiger partial charge in [-0.15, -0.1) is 0 Å². The van der Waals surface area contributed by atoms with Crippen molar-refractivity contribution in [1.82, 2.24) is 9.88 Å². The molecule has 0 aliphatic rings. The normalized spacial score (nSPS) is 10.3. The maximum atomic E-state index is 4.92. The van der Waals surface area contributed by atoms with Crippen LogP contribution in [0.1, 0.15) is 17.0 Å². The number of aryl methyl sites for hydroxylation is 2. The summed E-state index contributed by atoms with van der Waals surface area (Å²) in [6, 6.07) is 0. The second-order valence-corrected chi connectivity index (χ2v) is 2.45. The molecule has 1 heterocycles. The molecule has 1 N–H and O–H groups in total. The molecule has 0 saturated carbocycles. The van der Waals surface area contributed by atoms with E-state index in [4.69, 9.17) is 4.52 Å². The molecule has 3 nitrogen and oxygen atoms in total. The molecule has 1 aromatic rings. The van der Waals surface area contributed by atoms with Crippen molar-refractivity contribution >= 4 is 12.8 Å². The molecule has 0 bridgehead atoms. The molecule has 0 spiro atoms. The molecule has 0 saturated heterocycles. The molecule has 56 valence electrons. The van der Waals surface area contributed by atoms with Crippen LogP contribution in [0.15, 0.2) is 4.52 Å². The van der Waals surface area contributed by atoms with E-state index in [1.807, 2.05) is 13.8 Å². The van der Waals surface area contributed by atoms with E-state index in [2.05, 4.69) is 22.7 Å². The van der Waals surface area contributed by atoms with Crippen LogP contribution in [-0.4, -0.2) is 5.16 Å². The quantitative estimate of drug-likeness (QED) is 0.636. The molecule has 0 amide bonds. The topological polar surface area (TPSA) is 38.1 Å². The molecule has 0 aromatic carbocycles. The summed E-state index contributed by atoms with van der Waals surface area (Å²) in [4.78, 5) is 0. The molecule has 0 radical (unpaired) electrons. The van der Waals surface area contributed by atoms with E-state index >= 15 is 0 Å². The Bertz CT molecular complexity index is 202. The van der Waals surface area contributed by atoms with Gasteiger partial charge in [-0.3, -0.25) is 4.72 Å². The van der Waals surface area contributed by atoms with Crippen molar-refractivity contribution in [1.29, 1.82) is 0 Å². The van der Waals surface area contributed by atoms with Crippen molar-refractivity contribution in [3.05, 3.63) is 17.0 Å². The highest BCUT2D eigenvalue weighted by Crippen LogP contribution is 2.11. The van der Waals surface area contributed by atoms with E-state index in [9.17, 15) is 0 Å². The van der Waals surface area contributed by atoms with Gasteiger partial charge in [0.1, 0.15) is 5.76 Å². The molecule has 1 rings (SSSR count). The third-order valence-electron chi connectivity index (χ3n) is 1.44. The summed E-state index contributed by atoms with van der Waals surface area (Å²) in [5, 5.41) is 3.79. The number of nitrogens with one attached hydrogen (secondary N) is 1. The number of rotatable bonds is 2. The van der Waals surface area contributed by atoms with Crippen LogP contribution in [-0.2, 0) is 6.54 Å². The number of nitrogens with zero attached hydrogens (tertiary/aromatic N) is 1. The van der Waals surface area contributed by atoms with Gasteiger partial charge in [-0.2, -0.15) is 0 Å². The Labute approximate surface area is 65.3 Å². The average molecular weight is 158 g/mol. The lowest BCUT2D eigenvalue weighted by molar-refractivity contribution is 0.392. The fourth-order valence-electron chi connectivity index (χ4n) is 0.833. The fraction of sp³-hybridized carbons (Fsp3) is 0.500. The van der Waals surface area contributed by atoms with Gasteiger partial charge in [0.2, 0.25) is 0 Å². The van der Waals surface area contributed by atoms with Crippen LogP contribution in [0.5, 0.6) is 0 Å². The van der Waals surface area contributed by atoms with E-state index in [1.165, 1.54) is 0 Å². The van der Waals surface area contributed by atoms with Gasteiger partial charge in [-0.25, -0.2) is 0 Å². The SMILES string of the molecule is Cc1noc(C)c1CNS. The van der Waals surface area contributed by atoms with Crippen LogP contribution in [0.3, 0.4) is 0 Å². The molecule has 4 heteroatoms. The maximum Gasteiger partial charge on any atom is 0.138 e. The van der Waals surface area contributed by atoms with Gasteiger partial charge in [0.05, 0.1) is 5.69 Å². The molecular formula is C6H10N2OS. The first-order chi connectivity index (χ1) is 4.75. The molecular weight excluding hydrogens is 148 g/mol. The molecule has 0 aliphatic heterocycles. The van der Waals surface area contributed by atoms with Gasteiger partial charge in [0, 0.05) is 12.1 Å². The van der Waals surface area contributed by atoms with Crippen molar-refractivity contribution in [2.45, 2.75) is 20.4 Å². The first-order valence-corrected chi connectivity index (χ1v) is 3.49. The Balaban J connectivity index is 2.87. The molecule has 1 aromatic heterocycles. The smallest absolute Gasteiger partial charge is 0.138 e. The van der Waals surface area contributed by atoms with Crippen molar-refractivity contribution in [2.75, 3.05) is 0 Å². The largest absolute Gasteiger partial charge is 0.361 e. The maximum absolute atomic E-state index is 4.92. The third kappa shape index (κ3) is 1.33. The van der Waals surface area contributed by atoms with Crippen molar-refractivity contribution in [3.63, 3.8) is 0 Å². The van der Waals surface area contributed by atoms with Crippen molar-refractivity contribution in [3.8, 4) is 0 Å². The van der Waals surface area contributed by atoms with Crippen LogP contribution in [0.4, 0.5) is 0 Å². The molecule has 0 aliphatic carbocycles. The zero-order valence-corrected chi connectivity index (χ0v) is 6.90. The van der Waals surface area contributed by atoms with Gasteiger partial charge in [-0.1, -0.05) is 18.0 Å². The van der Waals surface area contributed by atoms with Crippen LogP contribution in [0, 0.1) is 13.8 Å². The van der Waals surface area contributed by atoms with Gasteiger partial charge in [0.15, 0.2) is 0 Å². The summed E-state index contributed by atoms with van der Waals surface area (Å²) < 4.78 is 7.67. The lowest BCUT2D eigenvalue weighted by Gasteiger charge is -1.94. The summed E-state index contributed by atoms with van der Waals surface area (Å²) in [5.41, 5.74) is 2.02. The molecule has 0 unspecified atom stereocenters. The van der Waals surface area contributed by atoms with Gasteiger partial charge < -0.3 is 4.52 Å². The van der Waals surface area contributed by atoms with Gasteiger partial charge in [-0.05, 0) is 13.8 Å². The lowest BCUT2D eigenvalue weighted by atomic mass is 10.2. The van der Waals surface area contributed by atoms with Crippen molar-refractivity contribution in [2.24, 2.45) is 0 Å². The predicted molar refractivity (Wildman–Crippen MR) is 41.8 cm³/mol. The van der Waals surface area contributed by atoms with Crippen LogP contribution >= 0.6 is 12.8 Å². The summed E-state index contributed by atoms with van der Waals surface area (Å²) >= 11 is 3.88. The third-order valence-corrected chi connectivity index (χ3v) is 1.60. The standard InChI is InChI=1S/C6H10N2OS/c1-4-6(3-7-10)5(2)9-8-4/h7,10H,3H2,1-2H3. The first kappa shape index (κ1) is 7.63. The Morgan fingerprint density at radius 3 is 2.70 bits per heavy atom. The summed E-state index contributed by atoms with van der Waals surface area (Å²) in [6.45, 7) is 4.50. The molecule has 0 atom stereocenters. The number of hydrogen-bond acceptors (Lipinski definition) is 4. The second-order valence-electron chi connectivity index (χ2n) is 2.14. The Kier molecular flexibility index (Phi) is 2.34. The van der Waals surface area contributed by atoms with E-state index in [0.29, 0.717) is 6.54 Å². The van der Waals surface area contributed by atoms with Gasteiger partial charge in [0.25, 0.3) is 0 Å². The minimum atomic E-state index is 0.699. The second kappa shape index (κ2) is 3.07. The fourth-order valence-corrected chi connectivity index (χ4v) is 0.991. The lowest BCUT2D eigenvalue weighted by Crippen LogP contribution is -2.00. The Hall–Kier alpha value is -0.480. The van der Waals surface area contributed by atoms with E-state index in [0.717, 1.165) is 17.0 Å². The van der Waals surface area contributed by atoms with E-state index < -0.39 is 0 Å². The van der Waals surface area contributed by atoms with Crippen LogP contribution in [0.25, 0.3) is 0 Å². The highest BCUT2D eigenvalue weighted by Gasteiger charge is 2.06. The Morgan fingerprint density at radius 2 is 2.30 bits per heavy atom. The number of thiol groups is 1. The van der Waals surface area contributed by atoms with Crippen LogP contribution < -0.4 is 4.72 Å². The number of hydrogen-bond donors (Lipinski definition) is 2. The average Bonchev–Trinajstić information content (AvgIpc) is 2.20. The van der Waals surface area contributed by atoms with Crippen molar-refractivity contribution < 1.29 is 4.52 Å². The zero-order valence-electron chi connectivity index (χ0n) is 6.01. The predicted octanol–water partition coefficient (Wildman–Crippen LogP) is 1.23. The minimum Gasteiger partial charge on any atom is -0.361 e. The van der Waals surface area contributed by atoms with Crippen LogP contribution in [0.2, 0.25) is 0 Å². The summed E-state index contributed by atoms with van der Waals surface area (Å²) in [6.07, 6.45) is 0. The number of aromatic nitrogens is 1. The Morgan fingerprint density at radius 1 is 1.60 bits per heavy atom. The highest BCUT2D eigenvalue weighted by atomic mass is 32.1. The monoisotopic (exact) mass is 158 g/mol. The highest BCUT2D eigenvalue weighted by molar-refractivity contribution is 7.78. The molecule has 10 heavy (non-hydrogen) atoms.